The van der Waals surface area contributed by atoms with E-state index in [9.17, 15) is 5.11 Å². The van der Waals surface area contributed by atoms with E-state index in [1.54, 1.807) is 0 Å². The van der Waals surface area contributed by atoms with E-state index >= 15 is 0 Å². The quantitative estimate of drug-likeness (QED) is 0.820. The van der Waals surface area contributed by atoms with Gasteiger partial charge in [-0.15, -0.1) is 24.8 Å². The molecule has 1 saturated heterocycles. The molecule has 22 heavy (non-hydrogen) atoms. The molecule has 1 aromatic rings. The number of nitrogens with one attached hydrogen (secondary N) is 1. The molecule has 0 aliphatic carbocycles. The number of piperidine rings is 1. The standard InChI is InChI=1S/C15H28N4O.2ClH/c1-4-19-12(2)14(9-17-19)10-18(3)11-15(20)13-5-7-16-8-6-13;;/h9,13,15-16,20H,4-8,10-11H2,1-3H3;2*1H. The Bertz CT molecular complexity index is 422. The molecule has 2 heterocycles. The van der Waals surface area contributed by atoms with Crippen LogP contribution < -0.4 is 5.32 Å². The monoisotopic (exact) mass is 352 g/mol. The number of halogens is 2. The summed E-state index contributed by atoms with van der Waals surface area (Å²) in [4.78, 5) is 2.21. The minimum atomic E-state index is -0.219. The van der Waals surface area contributed by atoms with Crippen LogP contribution in [0.5, 0.6) is 0 Å². The summed E-state index contributed by atoms with van der Waals surface area (Å²) in [7, 11) is 2.08. The van der Waals surface area contributed by atoms with Gasteiger partial charge in [-0.3, -0.25) is 9.58 Å². The molecule has 130 valence electrons. The Morgan fingerprint density at radius 1 is 1.41 bits per heavy atom. The van der Waals surface area contributed by atoms with E-state index in [2.05, 4.69) is 36.2 Å². The third-order valence-electron chi connectivity index (χ3n) is 4.37. The van der Waals surface area contributed by atoms with E-state index in [1.807, 2.05) is 10.9 Å². The fourth-order valence-corrected chi connectivity index (χ4v) is 3.01. The predicted octanol–water partition coefficient (Wildman–Crippen LogP) is 1.85. The zero-order valence-corrected chi connectivity index (χ0v) is 15.4. The number of hydrogen-bond acceptors (Lipinski definition) is 4. The number of aliphatic hydroxyl groups is 1. The molecule has 1 aliphatic heterocycles. The number of aromatic nitrogens is 2. The van der Waals surface area contributed by atoms with Crippen molar-refractivity contribution in [2.75, 3.05) is 26.7 Å². The molecule has 0 saturated carbocycles. The molecule has 2 rings (SSSR count). The minimum Gasteiger partial charge on any atom is -0.392 e. The highest BCUT2D eigenvalue weighted by atomic mass is 35.5. The zero-order valence-electron chi connectivity index (χ0n) is 13.8. The average Bonchev–Trinajstić information content (AvgIpc) is 2.80. The lowest BCUT2D eigenvalue weighted by Gasteiger charge is -2.30. The molecule has 1 aliphatic rings. The molecule has 0 aromatic carbocycles. The van der Waals surface area contributed by atoms with E-state index < -0.39 is 0 Å². The van der Waals surface area contributed by atoms with Gasteiger partial charge in [0.05, 0.1) is 12.3 Å². The predicted molar refractivity (Wildman–Crippen MR) is 95.1 cm³/mol. The van der Waals surface area contributed by atoms with E-state index in [0.29, 0.717) is 5.92 Å². The van der Waals surface area contributed by atoms with Gasteiger partial charge >= 0.3 is 0 Å². The second-order valence-corrected chi connectivity index (χ2v) is 5.92. The molecule has 1 unspecified atom stereocenters. The van der Waals surface area contributed by atoms with Crippen molar-refractivity contribution in [2.24, 2.45) is 5.92 Å². The lowest BCUT2D eigenvalue weighted by atomic mass is 9.92. The second kappa shape index (κ2) is 10.4. The van der Waals surface area contributed by atoms with E-state index in [0.717, 1.165) is 45.6 Å². The molecule has 1 fully saturated rings. The Morgan fingerprint density at radius 3 is 2.59 bits per heavy atom. The van der Waals surface area contributed by atoms with E-state index in [-0.39, 0.29) is 30.9 Å². The maximum absolute atomic E-state index is 10.4. The number of aryl methyl sites for hydroxylation is 1. The molecule has 0 bridgehead atoms. The third-order valence-corrected chi connectivity index (χ3v) is 4.37. The first-order valence-electron chi connectivity index (χ1n) is 7.70. The van der Waals surface area contributed by atoms with Crippen LogP contribution in [0.1, 0.15) is 31.0 Å². The lowest BCUT2D eigenvalue weighted by molar-refractivity contribution is 0.0561. The maximum atomic E-state index is 10.4. The number of hydrogen-bond donors (Lipinski definition) is 2. The van der Waals surface area contributed by atoms with Crippen LogP contribution >= 0.6 is 24.8 Å². The third kappa shape index (κ3) is 5.70. The number of likely N-dealkylation sites (N-methyl/N-ethyl adjacent to an activating group) is 1. The fourth-order valence-electron chi connectivity index (χ4n) is 3.01. The van der Waals surface area contributed by atoms with Crippen LogP contribution in [0.4, 0.5) is 0 Å². The van der Waals surface area contributed by atoms with Crippen LogP contribution in [-0.2, 0) is 13.1 Å². The van der Waals surface area contributed by atoms with Gasteiger partial charge in [-0.1, -0.05) is 0 Å². The van der Waals surface area contributed by atoms with Crippen molar-refractivity contribution in [2.45, 2.75) is 45.9 Å². The normalized spacial score (nSPS) is 17.0. The summed E-state index contributed by atoms with van der Waals surface area (Å²) in [6, 6.07) is 0. The highest BCUT2D eigenvalue weighted by Crippen LogP contribution is 2.18. The Morgan fingerprint density at radius 2 is 2.05 bits per heavy atom. The minimum absolute atomic E-state index is 0. The van der Waals surface area contributed by atoms with Gasteiger partial charge in [0, 0.05) is 30.9 Å². The van der Waals surface area contributed by atoms with Gasteiger partial charge in [0.15, 0.2) is 0 Å². The van der Waals surface area contributed by atoms with Crippen LogP contribution in [0.3, 0.4) is 0 Å². The molecule has 0 radical (unpaired) electrons. The smallest absolute Gasteiger partial charge is 0.0696 e. The Kier molecular flexibility index (Phi) is 10.3. The number of aliphatic hydroxyl groups excluding tert-OH is 1. The van der Waals surface area contributed by atoms with Crippen LogP contribution in [-0.4, -0.2) is 52.6 Å². The van der Waals surface area contributed by atoms with Gasteiger partial charge in [0.25, 0.3) is 0 Å². The van der Waals surface area contributed by atoms with Crippen molar-refractivity contribution < 1.29 is 5.11 Å². The molecule has 1 atom stereocenters. The van der Waals surface area contributed by atoms with Crippen molar-refractivity contribution in [1.29, 1.82) is 0 Å². The van der Waals surface area contributed by atoms with Crippen molar-refractivity contribution in [1.82, 2.24) is 20.0 Å². The number of nitrogens with zero attached hydrogens (tertiary/aromatic N) is 3. The molecule has 7 heteroatoms. The zero-order chi connectivity index (χ0) is 14.5. The van der Waals surface area contributed by atoms with Gasteiger partial charge in [-0.2, -0.15) is 5.10 Å². The van der Waals surface area contributed by atoms with E-state index in [1.165, 1.54) is 11.3 Å². The van der Waals surface area contributed by atoms with Gasteiger partial charge in [-0.05, 0) is 52.7 Å². The topological polar surface area (TPSA) is 53.3 Å². The van der Waals surface area contributed by atoms with Crippen LogP contribution in [0, 0.1) is 12.8 Å². The van der Waals surface area contributed by atoms with Crippen LogP contribution in [0.15, 0.2) is 6.20 Å². The van der Waals surface area contributed by atoms with Crippen molar-refractivity contribution in [3.8, 4) is 0 Å². The Labute approximate surface area is 146 Å². The summed E-state index contributed by atoms with van der Waals surface area (Å²) in [6.45, 7) is 8.79. The molecular formula is C15H30Cl2N4O. The fraction of sp³-hybridized carbons (Fsp3) is 0.800. The Hall–Kier alpha value is -0.330. The summed E-state index contributed by atoms with van der Waals surface area (Å²) in [6.07, 6.45) is 3.90. The largest absolute Gasteiger partial charge is 0.392 e. The van der Waals surface area contributed by atoms with Crippen molar-refractivity contribution in [3.05, 3.63) is 17.5 Å². The lowest BCUT2D eigenvalue weighted by Crippen LogP contribution is -2.39. The van der Waals surface area contributed by atoms with Gasteiger partial charge < -0.3 is 10.4 Å². The SMILES string of the molecule is CCn1ncc(CN(C)CC(O)C2CCNCC2)c1C.Cl.Cl. The molecule has 2 N–H and O–H groups in total. The molecular weight excluding hydrogens is 323 g/mol. The summed E-state index contributed by atoms with van der Waals surface area (Å²) < 4.78 is 2.02. The summed E-state index contributed by atoms with van der Waals surface area (Å²) in [5.41, 5.74) is 2.49. The summed E-state index contributed by atoms with van der Waals surface area (Å²) in [5.74, 6) is 0.443. The highest BCUT2D eigenvalue weighted by Gasteiger charge is 2.22. The van der Waals surface area contributed by atoms with Crippen molar-refractivity contribution in [3.63, 3.8) is 0 Å². The molecule has 5 nitrogen and oxygen atoms in total. The van der Waals surface area contributed by atoms with Gasteiger partial charge in [-0.25, -0.2) is 0 Å². The van der Waals surface area contributed by atoms with Gasteiger partial charge in [0.2, 0.25) is 0 Å². The maximum Gasteiger partial charge on any atom is 0.0696 e. The van der Waals surface area contributed by atoms with Crippen LogP contribution in [0.2, 0.25) is 0 Å². The first kappa shape index (κ1) is 21.7. The molecule has 0 amide bonds. The van der Waals surface area contributed by atoms with Gasteiger partial charge in [0.1, 0.15) is 0 Å². The molecule has 0 spiro atoms. The van der Waals surface area contributed by atoms with Crippen LogP contribution in [0.25, 0.3) is 0 Å². The van der Waals surface area contributed by atoms with Crippen molar-refractivity contribution >= 4 is 24.8 Å². The average molecular weight is 353 g/mol. The summed E-state index contributed by atoms with van der Waals surface area (Å²) in [5, 5.41) is 18.1. The second-order valence-electron chi connectivity index (χ2n) is 5.92. The highest BCUT2D eigenvalue weighted by molar-refractivity contribution is 5.85. The first-order valence-corrected chi connectivity index (χ1v) is 7.70. The molecule has 1 aromatic heterocycles. The Balaban J connectivity index is 0.00000220. The van der Waals surface area contributed by atoms with E-state index in [4.69, 9.17) is 0 Å². The summed E-state index contributed by atoms with van der Waals surface area (Å²) >= 11 is 0. The number of rotatable bonds is 6. The first-order chi connectivity index (χ1) is 9.61.